The molecule has 0 aromatic heterocycles. The van der Waals surface area contributed by atoms with E-state index in [1.807, 2.05) is 43.0 Å². The van der Waals surface area contributed by atoms with Gasteiger partial charge in [-0.1, -0.05) is 29.8 Å². The van der Waals surface area contributed by atoms with Gasteiger partial charge in [-0.3, -0.25) is 0 Å². The second-order valence-corrected chi connectivity index (χ2v) is 5.10. The number of hydrogen-bond donors (Lipinski definition) is 1. The zero-order chi connectivity index (χ0) is 14.7. The molecule has 4 heteroatoms. The molecule has 0 aliphatic carbocycles. The van der Waals surface area contributed by atoms with Gasteiger partial charge in [0.05, 0.1) is 16.4 Å². The van der Waals surface area contributed by atoms with Crippen molar-refractivity contribution in [3.8, 4) is 0 Å². The minimum absolute atomic E-state index is 0.0786. The molecule has 0 saturated carbocycles. The van der Waals surface area contributed by atoms with Gasteiger partial charge < -0.3 is 10.6 Å². The van der Waals surface area contributed by atoms with Gasteiger partial charge in [0.1, 0.15) is 5.82 Å². The zero-order valence-electron chi connectivity index (χ0n) is 11.6. The first-order chi connectivity index (χ1) is 9.54. The van der Waals surface area contributed by atoms with Crippen molar-refractivity contribution >= 4 is 23.0 Å². The highest BCUT2D eigenvalue weighted by Crippen LogP contribution is 2.34. The number of halogens is 2. The van der Waals surface area contributed by atoms with Crippen LogP contribution < -0.4 is 10.6 Å². The van der Waals surface area contributed by atoms with E-state index in [2.05, 4.69) is 0 Å². The number of nitrogens with zero attached hydrogens (tertiary/aromatic N) is 1. The van der Waals surface area contributed by atoms with Crippen molar-refractivity contribution in [1.82, 2.24) is 0 Å². The maximum atomic E-state index is 13.9. The average molecular weight is 293 g/mol. The number of rotatable bonds is 4. The maximum Gasteiger partial charge on any atom is 0.146 e. The lowest BCUT2D eigenvalue weighted by Gasteiger charge is -2.25. The van der Waals surface area contributed by atoms with Crippen LogP contribution in [0.3, 0.4) is 0 Å². The number of anilines is 2. The Labute approximate surface area is 124 Å². The molecule has 20 heavy (non-hydrogen) atoms. The van der Waals surface area contributed by atoms with Crippen LogP contribution in [0.5, 0.6) is 0 Å². The Kier molecular flexibility index (Phi) is 4.63. The van der Waals surface area contributed by atoms with E-state index >= 15 is 0 Å². The molecule has 1 atom stereocenters. The molecule has 0 saturated heterocycles. The van der Waals surface area contributed by atoms with Crippen molar-refractivity contribution in [3.05, 3.63) is 58.9 Å². The minimum atomic E-state index is -0.262. The topological polar surface area (TPSA) is 29.3 Å². The Morgan fingerprint density at radius 1 is 1.20 bits per heavy atom. The number of hydrogen-bond acceptors (Lipinski definition) is 2. The van der Waals surface area contributed by atoms with Crippen LogP contribution in [0, 0.1) is 5.82 Å². The molecular formula is C16H18ClFN2. The van der Waals surface area contributed by atoms with Gasteiger partial charge in [-0.15, -0.1) is 0 Å². The zero-order valence-corrected chi connectivity index (χ0v) is 12.4. The highest BCUT2D eigenvalue weighted by Gasteiger charge is 2.15. The summed E-state index contributed by atoms with van der Waals surface area (Å²) < 4.78 is 13.9. The van der Waals surface area contributed by atoms with Gasteiger partial charge in [0, 0.05) is 12.6 Å². The molecular weight excluding hydrogens is 275 g/mol. The van der Waals surface area contributed by atoms with Crippen LogP contribution in [0.25, 0.3) is 0 Å². The molecule has 0 radical (unpaired) electrons. The highest BCUT2D eigenvalue weighted by molar-refractivity contribution is 6.33. The summed E-state index contributed by atoms with van der Waals surface area (Å²) in [6, 6.07) is 12.2. The summed E-state index contributed by atoms with van der Waals surface area (Å²) in [5.41, 5.74) is 8.11. The lowest BCUT2D eigenvalue weighted by atomic mass is 10.1. The van der Waals surface area contributed by atoms with Crippen molar-refractivity contribution in [2.24, 2.45) is 5.73 Å². The third kappa shape index (κ3) is 2.94. The minimum Gasteiger partial charge on any atom is -0.338 e. The average Bonchev–Trinajstić information content (AvgIpc) is 2.43. The standard InChI is InChI=1S/C16H18ClFN2/c1-3-20(16-7-5-4-6-14(16)18)15-9-8-12(11(2)19)10-13(15)17/h4-11H,3,19H2,1-2H3/t11-/m1/s1. The van der Waals surface area contributed by atoms with Crippen LogP contribution in [0.2, 0.25) is 5.02 Å². The molecule has 0 bridgehead atoms. The molecule has 2 N–H and O–H groups in total. The molecule has 2 nitrogen and oxygen atoms in total. The lowest BCUT2D eigenvalue weighted by molar-refractivity contribution is 0.625. The number of benzene rings is 2. The van der Waals surface area contributed by atoms with E-state index in [1.165, 1.54) is 6.07 Å². The molecule has 2 aromatic carbocycles. The maximum absolute atomic E-state index is 13.9. The van der Waals surface area contributed by atoms with Crippen LogP contribution in [0.4, 0.5) is 15.8 Å². The Morgan fingerprint density at radius 3 is 2.45 bits per heavy atom. The normalized spacial score (nSPS) is 12.2. The van der Waals surface area contributed by atoms with Gasteiger partial charge in [-0.2, -0.15) is 0 Å². The third-order valence-corrected chi connectivity index (χ3v) is 3.55. The Bertz CT molecular complexity index is 599. The molecule has 0 fully saturated rings. The van der Waals surface area contributed by atoms with Crippen molar-refractivity contribution in [2.75, 3.05) is 11.4 Å². The fourth-order valence-electron chi connectivity index (χ4n) is 2.17. The quantitative estimate of drug-likeness (QED) is 0.888. The third-order valence-electron chi connectivity index (χ3n) is 3.25. The monoisotopic (exact) mass is 292 g/mol. The largest absolute Gasteiger partial charge is 0.338 e. The van der Waals surface area contributed by atoms with E-state index in [0.29, 0.717) is 17.3 Å². The lowest BCUT2D eigenvalue weighted by Crippen LogP contribution is -2.18. The first-order valence-corrected chi connectivity index (χ1v) is 6.99. The fourth-order valence-corrected chi connectivity index (χ4v) is 2.46. The molecule has 2 rings (SSSR count). The summed E-state index contributed by atoms with van der Waals surface area (Å²) in [6.45, 7) is 4.49. The Balaban J connectivity index is 2.45. The summed E-state index contributed by atoms with van der Waals surface area (Å²) in [5, 5.41) is 0.574. The van der Waals surface area contributed by atoms with Crippen molar-refractivity contribution < 1.29 is 4.39 Å². The SMILES string of the molecule is CCN(c1ccccc1F)c1ccc([C@@H](C)N)cc1Cl. The van der Waals surface area contributed by atoms with Gasteiger partial charge in [-0.05, 0) is 43.7 Å². The van der Waals surface area contributed by atoms with E-state index in [1.54, 1.807) is 12.1 Å². The molecule has 106 valence electrons. The predicted octanol–water partition coefficient (Wildman–Crippen LogP) is 4.66. The summed E-state index contributed by atoms with van der Waals surface area (Å²) >= 11 is 6.33. The van der Waals surface area contributed by atoms with Crippen LogP contribution >= 0.6 is 11.6 Å². The number of para-hydroxylation sites is 1. The Hall–Kier alpha value is -1.58. The van der Waals surface area contributed by atoms with Crippen molar-refractivity contribution in [1.29, 1.82) is 0 Å². The van der Waals surface area contributed by atoms with E-state index in [-0.39, 0.29) is 11.9 Å². The first-order valence-electron chi connectivity index (χ1n) is 6.61. The summed E-state index contributed by atoms with van der Waals surface area (Å²) in [6.07, 6.45) is 0. The molecule has 0 unspecified atom stereocenters. The van der Waals surface area contributed by atoms with E-state index in [0.717, 1.165) is 11.3 Å². The van der Waals surface area contributed by atoms with Crippen molar-refractivity contribution in [2.45, 2.75) is 19.9 Å². The molecule has 0 amide bonds. The summed E-state index contributed by atoms with van der Waals surface area (Å²) in [7, 11) is 0. The predicted molar refractivity (Wildman–Crippen MR) is 83.1 cm³/mol. The second-order valence-electron chi connectivity index (χ2n) is 4.70. The molecule has 0 spiro atoms. The van der Waals surface area contributed by atoms with Crippen LogP contribution in [-0.4, -0.2) is 6.54 Å². The van der Waals surface area contributed by atoms with Gasteiger partial charge in [-0.25, -0.2) is 4.39 Å². The van der Waals surface area contributed by atoms with Crippen LogP contribution in [0.15, 0.2) is 42.5 Å². The van der Waals surface area contributed by atoms with Gasteiger partial charge in [0.15, 0.2) is 0 Å². The summed E-state index contributed by atoms with van der Waals surface area (Å²) in [4.78, 5) is 1.85. The fraction of sp³-hybridized carbons (Fsp3) is 0.250. The molecule has 0 aliphatic rings. The smallest absolute Gasteiger partial charge is 0.146 e. The van der Waals surface area contributed by atoms with E-state index < -0.39 is 0 Å². The van der Waals surface area contributed by atoms with Gasteiger partial charge in [0.2, 0.25) is 0 Å². The van der Waals surface area contributed by atoms with Crippen LogP contribution in [-0.2, 0) is 0 Å². The Morgan fingerprint density at radius 2 is 1.90 bits per heavy atom. The number of nitrogens with two attached hydrogens (primary N) is 1. The molecule has 2 aromatic rings. The first kappa shape index (κ1) is 14.8. The van der Waals surface area contributed by atoms with Gasteiger partial charge in [0.25, 0.3) is 0 Å². The van der Waals surface area contributed by atoms with Crippen molar-refractivity contribution in [3.63, 3.8) is 0 Å². The van der Waals surface area contributed by atoms with Crippen LogP contribution in [0.1, 0.15) is 25.5 Å². The highest BCUT2D eigenvalue weighted by atomic mass is 35.5. The van der Waals surface area contributed by atoms with E-state index in [4.69, 9.17) is 17.3 Å². The van der Waals surface area contributed by atoms with Gasteiger partial charge >= 0.3 is 0 Å². The second kappa shape index (κ2) is 6.25. The van der Waals surface area contributed by atoms with E-state index in [9.17, 15) is 4.39 Å². The molecule has 0 aliphatic heterocycles. The molecule has 0 heterocycles. The summed E-state index contributed by atoms with van der Waals surface area (Å²) in [5.74, 6) is -0.262.